The van der Waals surface area contributed by atoms with Crippen LogP contribution in [0.4, 0.5) is 0 Å². The third kappa shape index (κ3) is 2.75. The molecule has 0 spiro atoms. The Hall–Kier alpha value is -4.58. The molecule has 2 heterocycles. The number of hydrogen-bond donors (Lipinski definition) is 2. The van der Waals surface area contributed by atoms with Crippen LogP contribution in [0.25, 0.3) is 0 Å². The van der Waals surface area contributed by atoms with Gasteiger partial charge in [-0.3, -0.25) is 0 Å². The largest absolute Gasteiger partial charge is 0.508 e. The zero-order chi connectivity index (χ0) is 23.4. The van der Waals surface area contributed by atoms with E-state index in [1.165, 1.54) is 18.2 Å². The number of phenols is 2. The predicted molar refractivity (Wildman–Crippen MR) is 122 cm³/mol. The van der Waals surface area contributed by atoms with Crippen molar-refractivity contribution in [2.75, 3.05) is 0 Å². The van der Waals surface area contributed by atoms with E-state index in [1.807, 2.05) is 12.1 Å². The molecule has 0 fully saturated rings. The molecule has 0 aromatic heterocycles. The van der Waals surface area contributed by atoms with Gasteiger partial charge < -0.3 is 19.7 Å². The van der Waals surface area contributed by atoms with Gasteiger partial charge in [0, 0.05) is 22.3 Å². The first kappa shape index (κ1) is 20.1. The van der Waals surface area contributed by atoms with Gasteiger partial charge in [-0.2, -0.15) is 0 Å². The SMILES string of the molecule is O=C1OC(c2ccc(O)c(C3(c4ccc(O)cc4)OC(=O)c4ccccc43)c2)c2ccccc21. The van der Waals surface area contributed by atoms with Crippen molar-refractivity contribution in [2.45, 2.75) is 11.7 Å². The second kappa shape index (κ2) is 7.22. The lowest BCUT2D eigenvalue weighted by molar-refractivity contribution is 0.0245. The van der Waals surface area contributed by atoms with Crippen LogP contribution in [-0.2, 0) is 15.1 Å². The minimum absolute atomic E-state index is 0.0592. The molecule has 0 radical (unpaired) electrons. The molecule has 2 atom stereocenters. The fraction of sp³-hybridized carbons (Fsp3) is 0.0714. The van der Waals surface area contributed by atoms with E-state index in [2.05, 4.69) is 0 Å². The van der Waals surface area contributed by atoms with Crippen molar-refractivity contribution in [1.82, 2.24) is 0 Å². The second-order valence-electron chi connectivity index (χ2n) is 8.31. The van der Waals surface area contributed by atoms with Gasteiger partial charge in [0.25, 0.3) is 0 Å². The highest BCUT2D eigenvalue weighted by Gasteiger charge is 2.50. The summed E-state index contributed by atoms with van der Waals surface area (Å²) in [5, 5.41) is 20.9. The summed E-state index contributed by atoms with van der Waals surface area (Å²) in [5.41, 5.74) is 2.24. The number of fused-ring (bicyclic) bond motifs is 2. The molecule has 2 unspecified atom stereocenters. The van der Waals surface area contributed by atoms with Gasteiger partial charge in [0.05, 0.1) is 11.1 Å². The number of esters is 2. The summed E-state index contributed by atoms with van der Waals surface area (Å²) in [7, 11) is 0. The van der Waals surface area contributed by atoms with Crippen LogP contribution in [0.1, 0.15) is 54.6 Å². The summed E-state index contributed by atoms with van der Waals surface area (Å²) < 4.78 is 11.7. The van der Waals surface area contributed by atoms with Crippen molar-refractivity contribution >= 4 is 11.9 Å². The molecule has 166 valence electrons. The lowest BCUT2D eigenvalue weighted by Crippen LogP contribution is -2.30. The lowest BCUT2D eigenvalue weighted by Gasteiger charge is -2.31. The van der Waals surface area contributed by atoms with E-state index < -0.39 is 23.6 Å². The summed E-state index contributed by atoms with van der Waals surface area (Å²) in [5.74, 6) is -0.963. The van der Waals surface area contributed by atoms with Crippen molar-refractivity contribution in [3.63, 3.8) is 0 Å². The molecule has 6 heteroatoms. The van der Waals surface area contributed by atoms with E-state index in [4.69, 9.17) is 9.47 Å². The monoisotopic (exact) mass is 450 g/mol. The molecule has 2 aliphatic rings. The van der Waals surface area contributed by atoms with Gasteiger partial charge in [-0.25, -0.2) is 9.59 Å². The molecule has 0 saturated carbocycles. The highest BCUT2D eigenvalue weighted by atomic mass is 16.6. The maximum atomic E-state index is 12.9. The summed E-state index contributed by atoms with van der Waals surface area (Å²) in [4.78, 5) is 25.3. The molecule has 0 amide bonds. The van der Waals surface area contributed by atoms with Crippen molar-refractivity contribution in [2.24, 2.45) is 0 Å². The van der Waals surface area contributed by atoms with Gasteiger partial charge in [-0.1, -0.05) is 54.6 Å². The Morgan fingerprint density at radius 3 is 2.21 bits per heavy atom. The highest BCUT2D eigenvalue weighted by Crippen LogP contribution is 2.50. The highest BCUT2D eigenvalue weighted by molar-refractivity contribution is 5.97. The van der Waals surface area contributed by atoms with E-state index in [-0.39, 0.29) is 11.5 Å². The van der Waals surface area contributed by atoms with Crippen LogP contribution in [0.15, 0.2) is 91.0 Å². The van der Waals surface area contributed by atoms with Crippen LogP contribution in [0.5, 0.6) is 11.5 Å². The van der Waals surface area contributed by atoms with Gasteiger partial charge in [-0.15, -0.1) is 0 Å². The number of phenolic OH excluding ortho intramolecular Hbond substituents is 2. The third-order valence-electron chi connectivity index (χ3n) is 6.44. The molecule has 2 N–H and O–H groups in total. The molecule has 6 nitrogen and oxygen atoms in total. The number of cyclic esters (lactones) is 2. The van der Waals surface area contributed by atoms with E-state index >= 15 is 0 Å². The first-order valence-corrected chi connectivity index (χ1v) is 10.7. The Morgan fingerprint density at radius 2 is 1.41 bits per heavy atom. The molecule has 6 rings (SSSR count). The predicted octanol–water partition coefficient (Wildman–Crippen LogP) is 4.82. The van der Waals surface area contributed by atoms with Gasteiger partial charge in [-0.05, 0) is 42.0 Å². The second-order valence-corrected chi connectivity index (χ2v) is 8.31. The Morgan fingerprint density at radius 1 is 0.706 bits per heavy atom. The summed E-state index contributed by atoms with van der Waals surface area (Å²) >= 11 is 0. The Bertz CT molecular complexity index is 1470. The number of ether oxygens (including phenoxy) is 2. The fourth-order valence-corrected chi connectivity index (χ4v) is 4.88. The first-order chi connectivity index (χ1) is 16.5. The summed E-state index contributed by atoms with van der Waals surface area (Å²) in [6.07, 6.45) is -0.660. The molecule has 2 aliphatic heterocycles. The summed E-state index contributed by atoms with van der Waals surface area (Å²) in [6.45, 7) is 0. The number of hydrogen-bond acceptors (Lipinski definition) is 6. The van der Waals surface area contributed by atoms with E-state index in [9.17, 15) is 19.8 Å². The zero-order valence-electron chi connectivity index (χ0n) is 17.8. The topological polar surface area (TPSA) is 93.1 Å². The fourth-order valence-electron chi connectivity index (χ4n) is 4.88. The smallest absolute Gasteiger partial charge is 0.340 e. The Kier molecular flexibility index (Phi) is 4.26. The first-order valence-electron chi connectivity index (χ1n) is 10.7. The molecule has 4 aromatic carbocycles. The molecule has 0 aliphatic carbocycles. The molecule has 0 bridgehead atoms. The van der Waals surface area contributed by atoms with Crippen LogP contribution in [0, 0.1) is 0 Å². The quantitative estimate of drug-likeness (QED) is 0.435. The Labute approximate surface area is 194 Å². The minimum atomic E-state index is -1.45. The number of carbonyl (C=O) groups is 2. The molecule has 34 heavy (non-hydrogen) atoms. The molecule has 4 aromatic rings. The maximum Gasteiger partial charge on any atom is 0.340 e. The molecular weight excluding hydrogens is 432 g/mol. The van der Waals surface area contributed by atoms with Crippen LogP contribution in [0.3, 0.4) is 0 Å². The van der Waals surface area contributed by atoms with Crippen LogP contribution in [0.2, 0.25) is 0 Å². The van der Waals surface area contributed by atoms with E-state index in [0.717, 1.165) is 5.56 Å². The minimum Gasteiger partial charge on any atom is -0.508 e. The number of carbonyl (C=O) groups excluding carboxylic acids is 2. The third-order valence-corrected chi connectivity index (χ3v) is 6.44. The zero-order valence-corrected chi connectivity index (χ0v) is 17.8. The number of rotatable bonds is 3. The van der Waals surface area contributed by atoms with Gasteiger partial charge in [0.2, 0.25) is 0 Å². The van der Waals surface area contributed by atoms with Crippen molar-refractivity contribution in [1.29, 1.82) is 0 Å². The average Bonchev–Trinajstić information content (AvgIpc) is 3.35. The summed E-state index contributed by atoms with van der Waals surface area (Å²) in [6, 6.07) is 25.4. The van der Waals surface area contributed by atoms with Gasteiger partial charge in [0.1, 0.15) is 11.5 Å². The van der Waals surface area contributed by atoms with E-state index in [0.29, 0.717) is 33.4 Å². The number of benzene rings is 4. The number of aromatic hydroxyl groups is 2. The standard InChI is InChI=1S/C28H18O6/c29-18-12-10-17(11-13-18)28(22-8-4-3-7-21(22)27(32)34-28)23-15-16(9-14-24(23)30)25-19-5-1-2-6-20(19)26(31)33-25/h1-15,25,29-30H. The molecular formula is C28H18O6. The normalized spacial score (nSPS) is 20.4. The van der Waals surface area contributed by atoms with Crippen LogP contribution < -0.4 is 0 Å². The van der Waals surface area contributed by atoms with Crippen molar-refractivity contribution in [3.8, 4) is 11.5 Å². The van der Waals surface area contributed by atoms with Gasteiger partial charge in [0.15, 0.2) is 11.7 Å². The maximum absolute atomic E-state index is 12.9. The lowest BCUT2D eigenvalue weighted by atomic mass is 9.78. The van der Waals surface area contributed by atoms with Gasteiger partial charge >= 0.3 is 11.9 Å². The molecule has 0 saturated heterocycles. The Balaban J connectivity index is 1.59. The average molecular weight is 450 g/mol. The van der Waals surface area contributed by atoms with Crippen LogP contribution >= 0.6 is 0 Å². The van der Waals surface area contributed by atoms with Crippen LogP contribution in [-0.4, -0.2) is 22.2 Å². The van der Waals surface area contributed by atoms with Crippen molar-refractivity contribution in [3.05, 3.63) is 130 Å². The van der Waals surface area contributed by atoms with Crippen molar-refractivity contribution < 1.29 is 29.3 Å². The van der Waals surface area contributed by atoms with E-state index in [1.54, 1.807) is 60.7 Å².